The van der Waals surface area contributed by atoms with Crippen LogP contribution in [-0.2, 0) is 0 Å². The van der Waals surface area contributed by atoms with E-state index in [0.29, 0.717) is 0 Å². The molecule has 0 saturated heterocycles. The summed E-state index contributed by atoms with van der Waals surface area (Å²) < 4.78 is 0. The third kappa shape index (κ3) is 12.7. The fourth-order valence-corrected chi connectivity index (χ4v) is 1.95. The first-order valence-electron chi connectivity index (χ1n) is 9.22. The highest BCUT2D eigenvalue weighted by Gasteiger charge is 1.76. The van der Waals surface area contributed by atoms with Crippen LogP contribution in [0.4, 0.5) is 0 Å². The van der Waals surface area contributed by atoms with E-state index < -0.39 is 0 Å². The first-order chi connectivity index (χ1) is 13.9. The number of hydrogen-bond acceptors (Lipinski definition) is 0. The van der Waals surface area contributed by atoms with E-state index in [1.807, 2.05) is 146 Å². The largest absolute Gasteiger partial charge is 0.0985 e. The molecule has 0 aliphatic rings. The van der Waals surface area contributed by atoms with E-state index in [9.17, 15) is 0 Å². The summed E-state index contributed by atoms with van der Waals surface area (Å²) in [6.07, 6.45) is 3.67. The molecule has 0 aliphatic carbocycles. The topological polar surface area (TPSA) is 0 Å². The van der Waals surface area contributed by atoms with Gasteiger partial charge in [-0.3, -0.25) is 0 Å². The number of benzene rings is 4. The molecule has 0 fully saturated rings. The van der Waals surface area contributed by atoms with E-state index in [0.717, 1.165) is 0 Å². The van der Waals surface area contributed by atoms with Gasteiger partial charge in [-0.2, -0.15) is 0 Å². The molecule has 0 nitrogen and oxygen atoms in total. The lowest BCUT2D eigenvalue weighted by Gasteiger charge is -1.85. The lowest BCUT2D eigenvalue weighted by molar-refractivity contribution is 1.67. The standard InChI is InChI=1S/2C8H8.2C6H6/c2*1-2-8-6-4-3-5-7-8;2*1-2-4-6-5-3-1/h2*2-7H,1H2;2*1-6H. The molecule has 0 N–H and O–H groups in total. The summed E-state index contributed by atoms with van der Waals surface area (Å²) in [5, 5.41) is 0. The maximum absolute atomic E-state index is 3.63. The normalized spacial score (nSPS) is 8.29. The smallest absolute Gasteiger partial charge is 0.0263 e. The maximum atomic E-state index is 3.63. The van der Waals surface area contributed by atoms with Gasteiger partial charge in [-0.25, -0.2) is 0 Å². The second kappa shape index (κ2) is 16.8. The summed E-state index contributed by atoms with van der Waals surface area (Å²) in [5.41, 5.74) is 2.35. The lowest BCUT2D eigenvalue weighted by Crippen LogP contribution is -1.63. The summed E-state index contributed by atoms with van der Waals surface area (Å²) in [5.74, 6) is 0. The lowest BCUT2D eigenvalue weighted by atomic mass is 10.2. The first-order valence-corrected chi connectivity index (χ1v) is 9.22. The van der Waals surface area contributed by atoms with Crippen molar-refractivity contribution < 1.29 is 0 Å². The van der Waals surface area contributed by atoms with E-state index >= 15 is 0 Å². The minimum atomic E-state index is 1.17. The summed E-state index contributed by atoms with van der Waals surface area (Å²) in [7, 11) is 0. The Labute approximate surface area is 170 Å². The molecule has 140 valence electrons. The van der Waals surface area contributed by atoms with E-state index in [2.05, 4.69) is 13.2 Å². The van der Waals surface area contributed by atoms with Gasteiger partial charge in [0.25, 0.3) is 0 Å². The molecule has 0 heteroatoms. The molecule has 0 aliphatic heterocycles. The predicted octanol–water partition coefficient (Wildman–Crippen LogP) is 8.03. The van der Waals surface area contributed by atoms with Crippen LogP contribution in [0, 0.1) is 0 Å². The van der Waals surface area contributed by atoms with Crippen molar-refractivity contribution in [2.24, 2.45) is 0 Å². The van der Waals surface area contributed by atoms with Gasteiger partial charge in [-0.1, -0.05) is 159 Å². The van der Waals surface area contributed by atoms with Crippen LogP contribution in [0.1, 0.15) is 11.1 Å². The minimum Gasteiger partial charge on any atom is -0.0985 e. The Hall–Kier alpha value is -3.64. The summed E-state index contributed by atoms with van der Waals surface area (Å²) >= 11 is 0. The molecule has 4 rings (SSSR count). The highest BCUT2D eigenvalue weighted by Crippen LogP contribution is 1.98. The van der Waals surface area contributed by atoms with Crippen LogP contribution in [0.5, 0.6) is 0 Å². The molecule has 0 spiro atoms. The third-order valence-corrected chi connectivity index (χ3v) is 3.40. The molecule has 4 aromatic carbocycles. The molecular formula is C28H28. The fraction of sp³-hybridized carbons (Fsp3) is 0. The van der Waals surface area contributed by atoms with Gasteiger partial charge in [0.15, 0.2) is 0 Å². The highest BCUT2D eigenvalue weighted by atomic mass is 13.8. The molecule has 4 aromatic rings. The first kappa shape index (κ1) is 22.4. The third-order valence-electron chi connectivity index (χ3n) is 3.40. The van der Waals surface area contributed by atoms with Crippen LogP contribution in [0.15, 0.2) is 147 Å². The molecular weight excluding hydrogens is 336 g/mol. The molecule has 0 bridgehead atoms. The van der Waals surface area contributed by atoms with Crippen molar-refractivity contribution >= 4 is 12.2 Å². The van der Waals surface area contributed by atoms with E-state index in [-0.39, 0.29) is 0 Å². The van der Waals surface area contributed by atoms with Gasteiger partial charge in [-0.05, 0) is 11.1 Å². The van der Waals surface area contributed by atoms with E-state index in [1.165, 1.54) is 11.1 Å². The van der Waals surface area contributed by atoms with E-state index in [4.69, 9.17) is 0 Å². The zero-order valence-electron chi connectivity index (χ0n) is 16.3. The Bertz CT molecular complexity index is 691. The van der Waals surface area contributed by atoms with Crippen LogP contribution in [0.25, 0.3) is 12.2 Å². The SMILES string of the molecule is C=Cc1ccccc1.C=Cc1ccccc1.c1ccccc1.c1ccccc1. The van der Waals surface area contributed by atoms with Crippen molar-refractivity contribution in [3.63, 3.8) is 0 Å². The highest BCUT2D eigenvalue weighted by molar-refractivity contribution is 5.46. The van der Waals surface area contributed by atoms with Gasteiger partial charge >= 0.3 is 0 Å². The Balaban J connectivity index is 0.000000188. The molecule has 0 heterocycles. The van der Waals surface area contributed by atoms with Crippen LogP contribution >= 0.6 is 0 Å². The maximum Gasteiger partial charge on any atom is -0.0263 e. The van der Waals surface area contributed by atoms with Crippen molar-refractivity contribution in [3.05, 3.63) is 158 Å². The second-order valence-electron chi connectivity index (χ2n) is 5.54. The molecule has 0 amide bonds. The predicted molar refractivity (Wildman–Crippen MR) is 126 cm³/mol. The van der Waals surface area contributed by atoms with Crippen LogP contribution < -0.4 is 0 Å². The van der Waals surface area contributed by atoms with Crippen molar-refractivity contribution in [1.82, 2.24) is 0 Å². The Morgan fingerprint density at radius 1 is 0.321 bits per heavy atom. The Kier molecular flexibility index (Phi) is 13.4. The molecule has 0 radical (unpaired) electrons. The zero-order chi connectivity index (χ0) is 20.1. The molecule has 0 saturated carbocycles. The van der Waals surface area contributed by atoms with Crippen molar-refractivity contribution in [2.45, 2.75) is 0 Å². The van der Waals surface area contributed by atoms with Crippen molar-refractivity contribution in [2.75, 3.05) is 0 Å². The van der Waals surface area contributed by atoms with Gasteiger partial charge in [0.05, 0.1) is 0 Å². The second-order valence-corrected chi connectivity index (χ2v) is 5.54. The van der Waals surface area contributed by atoms with Crippen molar-refractivity contribution in [1.29, 1.82) is 0 Å². The monoisotopic (exact) mass is 364 g/mol. The van der Waals surface area contributed by atoms with E-state index in [1.54, 1.807) is 0 Å². The van der Waals surface area contributed by atoms with Crippen LogP contribution in [-0.4, -0.2) is 0 Å². The van der Waals surface area contributed by atoms with Gasteiger partial charge in [0.2, 0.25) is 0 Å². The Morgan fingerprint density at radius 3 is 0.643 bits per heavy atom. The van der Waals surface area contributed by atoms with Gasteiger partial charge in [-0.15, -0.1) is 0 Å². The summed E-state index contributed by atoms with van der Waals surface area (Å²) in [6.45, 7) is 7.26. The van der Waals surface area contributed by atoms with Crippen LogP contribution in [0.3, 0.4) is 0 Å². The molecule has 0 unspecified atom stereocenters. The van der Waals surface area contributed by atoms with Crippen LogP contribution in [0.2, 0.25) is 0 Å². The average Bonchev–Trinajstić information content (AvgIpc) is 2.83. The number of rotatable bonds is 2. The average molecular weight is 365 g/mol. The molecule has 28 heavy (non-hydrogen) atoms. The summed E-state index contributed by atoms with van der Waals surface area (Å²) in [4.78, 5) is 0. The van der Waals surface area contributed by atoms with Crippen molar-refractivity contribution in [3.8, 4) is 0 Å². The molecule has 0 aromatic heterocycles. The van der Waals surface area contributed by atoms with Gasteiger partial charge in [0, 0.05) is 0 Å². The minimum absolute atomic E-state index is 1.17. The summed E-state index contributed by atoms with van der Waals surface area (Å²) in [6, 6.07) is 44.1. The van der Waals surface area contributed by atoms with Gasteiger partial charge < -0.3 is 0 Å². The quantitative estimate of drug-likeness (QED) is 0.338. The Morgan fingerprint density at radius 2 is 0.500 bits per heavy atom. The van der Waals surface area contributed by atoms with Gasteiger partial charge in [0.1, 0.15) is 0 Å². The fourth-order valence-electron chi connectivity index (χ4n) is 1.95. The zero-order valence-corrected chi connectivity index (χ0v) is 16.3. The number of hydrogen-bond donors (Lipinski definition) is 0. The molecule has 0 atom stereocenters.